The molecule has 0 bridgehead atoms. The average Bonchev–Trinajstić information content (AvgIpc) is 2.63. The largest absolute Gasteiger partial charge is 0.398 e. The van der Waals surface area contributed by atoms with Crippen LogP contribution < -0.4 is 11.1 Å². The number of carbonyl (C=O) groups is 1. The minimum absolute atomic E-state index is 0.0846. The molecule has 0 aliphatic heterocycles. The maximum Gasteiger partial charge on any atom is 0.270 e. The summed E-state index contributed by atoms with van der Waals surface area (Å²) >= 11 is 0. The van der Waals surface area contributed by atoms with Crippen LogP contribution in [-0.4, -0.2) is 15.6 Å². The second-order valence-electron chi connectivity index (χ2n) is 6.55. The zero-order valence-electron chi connectivity index (χ0n) is 16.7. The van der Waals surface area contributed by atoms with E-state index in [9.17, 15) is 25.0 Å². The monoisotopic (exact) mass is 448 g/mol. The number of ketones is 1. The summed E-state index contributed by atoms with van der Waals surface area (Å²) < 4.78 is 0. The quantitative estimate of drug-likeness (QED) is 0.178. The van der Waals surface area contributed by atoms with Crippen LogP contribution in [0.25, 0.3) is 0 Å². The number of rotatable bonds is 8. The van der Waals surface area contributed by atoms with Crippen molar-refractivity contribution in [2.24, 2.45) is 0 Å². The molecular weight excluding hydrogens is 428 g/mol. The number of aryl methyl sites for hydroxylation is 2. The van der Waals surface area contributed by atoms with Gasteiger partial charge in [-0.3, -0.25) is 25.0 Å². The van der Waals surface area contributed by atoms with Crippen molar-refractivity contribution in [3.63, 3.8) is 0 Å². The van der Waals surface area contributed by atoms with Gasteiger partial charge in [0, 0.05) is 45.4 Å². The van der Waals surface area contributed by atoms with E-state index in [4.69, 9.17) is 5.73 Å². The number of carbonyl (C=O) groups excluding carboxylic acids is 1. The number of nitrogens with zero attached hydrogens (tertiary/aromatic N) is 2. The molecule has 2 aromatic rings. The molecule has 0 spiro atoms. The van der Waals surface area contributed by atoms with Gasteiger partial charge < -0.3 is 11.1 Å². The number of nitro groups is 2. The highest BCUT2D eigenvalue weighted by Crippen LogP contribution is 2.46. The summed E-state index contributed by atoms with van der Waals surface area (Å²) in [4.78, 5) is 33.8. The van der Waals surface area contributed by atoms with Gasteiger partial charge in [-0.15, -0.1) is 0 Å². The van der Waals surface area contributed by atoms with E-state index in [0.29, 0.717) is 38.0 Å². The van der Waals surface area contributed by atoms with Gasteiger partial charge in [-0.25, -0.2) is 0 Å². The van der Waals surface area contributed by atoms with E-state index in [1.165, 1.54) is 58.9 Å². The first-order chi connectivity index (χ1) is 14.0. The Hall–Kier alpha value is -3.05. The van der Waals surface area contributed by atoms with Crippen LogP contribution in [0.3, 0.4) is 0 Å². The smallest absolute Gasteiger partial charge is 0.270 e. The highest BCUT2D eigenvalue weighted by atomic mass is 33.1. The molecule has 0 aliphatic carbocycles. The predicted octanol–water partition coefficient (Wildman–Crippen LogP) is 5.41. The van der Waals surface area contributed by atoms with Gasteiger partial charge in [-0.2, -0.15) is 0 Å². The molecule has 158 valence electrons. The van der Waals surface area contributed by atoms with Crippen molar-refractivity contribution in [2.75, 3.05) is 11.1 Å². The summed E-state index contributed by atoms with van der Waals surface area (Å²) in [5.41, 5.74) is 8.68. The van der Waals surface area contributed by atoms with Crippen LogP contribution in [0.5, 0.6) is 0 Å². The molecule has 0 fully saturated rings. The number of nitrogens with two attached hydrogens (primary N) is 1. The summed E-state index contributed by atoms with van der Waals surface area (Å²) in [5.74, 6) is -0.136. The zero-order chi connectivity index (χ0) is 22.6. The maximum absolute atomic E-state index is 11.3. The third-order valence-corrected chi connectivity index (χ3v) is 6.43. The molecule has 0 saturated heterocycles. The number of anilines is 2. The van der Waals surface area contributed by atoms with Gasteiger partial charge >= 0.3 is 0 Å². The van der Waals surface area contributed by atoms with Crippen molar-refractivity contribution in [1.29, 1.82) is 0 Å². The van der Waals surface area contributed by atoms with Gasteiger partial charge in [0.15, 0.2) is 5.78 Å². The number of non-ortho nitro benzene ring substituents is 2. The van der Waals surface area contributed by atoms with Crippen LogP contribution in [0.4, 0.5) is 22.7 Å². The van der Waals surface area contributed by atoms with Crippen molar-refractivity contribution in [3.05, 3.63) is 67.4 Å². The van der Waals surface area contributed by atoms with Crippen LogP contribution in [0, 0.1) is 34.1 Å². The van der Waals surface area contributed by atoms with Gasteiger partial charge in [0.25, 0.3) is 11.4 Å². The predicted molar refractivity (Wildman–Crippen MR) is 120 cm³/mol. The molecule has 0 atom stereocenters. The van der Waals surface area contributed by atoms with E-state index in [1.54, 1.807) is 20.8 Å². The van der Waals surface area contributed by atoms with E-state index in [1.807, 2.05) is 0 Å². The van der Waals surface area contributed by atoms with Crippen LogP contribution >= 0.6 is 21.6 Å². The normalized spacial score (nSPS) is 11.3. The number of nitrogen functional groups attached to an aromatic ring is 1. The summed E-state index contributed by atoms with van der Waals surface area (Å²) in [7, 11) is 2.35. The first-order valence-corrected chi connectivity index (χ1v) is 10.8. The number of hydrogen-bond acceptors (Lipinski definition) is 9. The molecule has 0 aromatic heterocycles. The lowest BCUT2D eigenvalue weighted by atomic mass is 10.1. The third-order valence-electron chi connectivity index (χ3n) is 4.00. The molecule has 0 aliphatic rings. The summed E-state index contributed by atoms with van der Waals surface area (Å²) in [5, 5.41) is 25.6. The molecule has 0 amide bonds. The number of benzene rings is 2. The number of nitro benzene ring substituents is 2. The fourth-order valence-electron chi connectivity index (χ4n) is 2.62. The van der Waals surface area contributed by atoms with Gasteiger partial charge in [-0.05, 0) is 44.9 Å². The van der Waals surface area contributed by atoms with E-state index < -0.39 is 9.85 Å². The topological polar surface area (TPSA) is 141 Å². The van der Waals surface area contributed by atoms with E-state index in [0.717, 1.165) is 0 Å². The van der Waals surface area contributed by atoms with Crippen molar-refractivity contribution >= 4 is 50.1 Å². The molecule has 2 rings (SSSR count). The average molecular weight is 449 g/mol. The minimum atomic E-state index is -0.498. The molecule has 0 radical (unpaired) electrons. The molecular formula is C19H20N4O5S2. The summed E-state index contributed by atoms with van der Waals surface area (Å²) in [6, 6.07) is 5.61. The van der Waals surface area contributed by atoms with Crippen molar-refractivity contribution in [3.8, 4) is 0 Å². The number of nitrogens with one attached hydrogen (secondary N) is 1. The van der Waals surface area contributed by atoms with E-state index >= 15 is 0 Å². The third kappa shape index (κ3) is 5.74. The van der Waals surface area contributed by atoms with E-state index in [-0.39, 0.29) is 17.2 Å². The van der Waals surface area contributed by atoms with Crippen molar-refractivity contribution in [1.82, 2.24) is 0 Å². The van der Waals surface area contributed by atoms with Crippen molar-refractivity contribution < 1.29 is 14.6 Å². The Morgan fingerprint density at radius 2 is 1.47 bits per heavy atom. The van der Waals surface area contributed by atoms with Gasteiger partial charge in [0.05, 0.1) is 15.5 Å². The van der Waals surface area contributed by atoms with Crippen LogP contribution in [0.1, 0.15) is 25.0 Å². The molecule has 0 unspecified atom stereocenters. The van der Waals surface area contributed by atoms with Gasteiger partial charge in [0.1, 0.15) is 0 Å². The summed E-state index contributed by atoms with van der Waals surface area (Å²) in [6.07, 6.45) is 1.42. The van der Waals surface area contributed by atoms with Gasteiger partial charge in [-0.1, -0.05) is 21.6 Å². The first-order valence-electron chi connectivity index (χ1n) is 8.63. The molecule has 9 nitrogen and oxygen atoms in total. The molecule has 30 heavy (non-hydrogen) atoms. The first kappa shape index (κ1) is 23.2. The summed E-state index contributed by atoms with van der Waals surface area (Å²) in [6.45, 7) is 6.53. The van der Waals surface area contributed by atoms with Crippen LogP contribution in [0.2, 0.25) is 0 Å². The highest BCUT2D eigenvalue weighted by Gasteiger charge is 2.18. The van der Waals surface area contributed by atoms with Crippen LogP contribution in [0.15, 0.2) is 45.8 Å². The fourth-order valence-corrected chi connectivity index (χ4v) is 5.03. The van der Waals surface area contributed by atoms with Crippen LogP contribution in [-0.2, 0) is 4.79 Å². The Bertz CT molecular complexity index is 1070. The minimum Gasteiger partial charge on any atom is -0.398 e. The highest BCUT2D eigenvalue weighted by molar-refractivity contribution is 8.76. The Balaban J connectivity index is 2.46. The molecule has 0 heterocycles. The standard InChI is InChI=1S/C19H20N4O5S2/c1-10-5-14(22(25)26)8-16(18(10)20)29-30-17-9-15(23(27)28)6-11(2)19(17)21-12(3)7-13(4)24/h5-9,21H,20H2,1-4H3/b12-7+. The fraction of sp³-hybridized carbons (Fsp3) is 0.211. The molecule has 2 aromatic carbocycles. The second-order valence-corrected chi connectivity index (χ2v) is 8.77. The Labute approximate surface area is 180 Å². The molecule has 0 saturated carbocycles. The zero-order valence-corrected chi connectivity index (χ0v) is 18.3. The lowest BCUT2D eigenvalue weighted by Crippen LogP contribution is -2.02. The maximum atomic E-state index is 11.3. The molecule has 3 N–H and O–H groups in total. The SMILES string of the molecule is CC(=O)/C=C(\C)Nc1c(C)cc([N+](=O)[O-])cc1SSc1cc([N+](=O)[O-])cc(C)c1N. The van der Waals surface area contributed by atoms with E-state index in [2.05, 4.69) is 5.32 Å². The second kappa shape index (κ2) is 9.63. The number of hydrogen-bond donors (Lipinski definition) is 2. The Kier molecular flexibility index (Phi) is 7.46. The molecule has 11 heteroatoms. The lowest BCUT2D eigenvalue weighted by molar-refractivity contribution is -0.385. The number of allylic oxidation sites excluding steroid dienone is 2. The lowest BCUT2D eigenvalue weighted by Gasteiger charge is -2.15. The Morgan fingerprint density at radius 1 is 0.967 bits per heavy atom. The van der Waals surface area contributed by atoms with Crippen molar-refractivity contribution in [2.45, 2.75) is 37.5 Å². The van der Waals surface area contributed by atoms with Gasteiger partial charge in [0.2, 0.25) is 0 Å². The Morgan fingerprint density at radius 3 is 2.00 bits per heavy atom.